The number of nitrogens with zero attached hydrogens (tertiary/aromatic N) is 1. The Kier molecular flexibility index (Phi) is 5.38. The third kappa shape index (κ3) is 3.71. The van der Waals surface area contributed by atoms with Crippen molar-refractivity contribution < 1.29 is 22.7 Å². The zero-order valence-electron chi connectivity index (χ0n) is 15.9. The normalized spacial score (nSPS) is 17.5. The van der Waals surface area contributed by atoms with Crippen LogP contribution in [0.3, 0.4) is 0 Å². The van der Waals surface area contributed by atoms with Crippen molar-refractivity contribution in [1.82, 2.24) is 0 Å². The van der Waals surface area contributed by atoms with Gasteiger partial charge >= 0.3 is 0 Å². The summed E-state index contributed by atoms with van der Waals surface area (Å²) in [7, 11) is -2.32. The highest BCUT2D eigenvalue weighted by Crippen LogP contribution is 2.45. The first-order valence-electron chi connectivity index (χ1n) is 8.74. The van der Waals surface area contributed by atoms with E-state index < -0.39 is 16.1 Å². The number of benzene rings is 2. The van der Waals surface area contributed by atoms with Gasteiger partial charge in [0.25, 0.3) is 10.0 Å². The highest BCUT2D eigenvalue weighted by Gasteiger charge is 2.43. The van der Waals surface area contributed by atoms with Crippen LogP contribution in [-0.2, 0) is 19.6 Å². The van der Waals surface area contributed by atoms with E-state index >= 15 is 0 Å². The molecule has 28 heavy (non-hydrogen) atoms. The average Bonchev–Trinajstić information content (AvgIpc) is 2.86. The Balaban J connectivity index is 2.13. The van der Waals surface area contributed by atoms with Crippen LogP contribution < -0.4 is 9.04 Å². The smallest absolute Gasteiger partial charge is 0.265 e. The fraction of sp³-hybridized carbons (Fsp3) is 0.238. The van der Waals surface area contributed by atoms with Crippen LogP contribution in [0.2, 0.25) is 0 Å². The van der Waals surface area contributed by atoms with Crippen LogP contribution >= 0.6 is 0 Å². The van der Waals surface area contributed by atoms with Crippen LogP contribution in [0.15, 0.2) is 53.4 Å². The number of carbonyl (C=O) groups excluding carboxylic acids is 2. The largest absolute Gasteiger partial charge is 0.497 e. The number of hydrogen-bond donors (Lipinski definition) is 0. The van der Waals surface area contributed by atoms with Crippen molar-refractivity contribution >= 4 is 33.4 Å². The molecule has 7 heteroatoms. The van der Waals surface area contributed by atoms with E-state index in [-0.39, 0.29) is 22.9 Å². The van der Waals surface area contributed by atoms with Gasteiger partial charge in [0, 0.05) is 6.42 Å². The summed E-state index contributed by atoms with van der Waals surface area (Å²) in [6, 6.07) is 11.1. The molecule has 2 aromatic rings. The van der Waals surface area contributed by atoms with E-state index in [2.05, 4.69) is 0 Å². The highest BCUT2D eigenvalue weighted by molar-refractivity contribution is 7.93. The number of ketones is 2. The minimum atomic E-state index is -3.85. The second kappa shape index (κ2) is 7.59. The molecule has 0 fully saturated rings. The van der Waals surface area contributed by atoms with Crippen LogP contribution in [0.1, 0.15) is 37.4 Å². The van der Waals surface area contributed by atoms with E-state index in [4.69, 9.17) is 4.74 Å². The Labute approximate surface area is 164 Å². The molecule has 0 spiro atoms. The van der Waals surface area contributed by atoms with E-state index in [1.54, 1.807) is 48.5 Å². The molecule has 6 nitrogen and oxygen atoms in total. The Morgan fingerprint density at radius 3 is 2.36 bits per heavy atom. The molecule has 0 N–H and O–H groups in total. The molecule has 1 aliphatic rings. The highest BCUT2D eigenvalue weighted by atomic mass is 32.2. The van der Waals surface area contributed by atoms with Gasteiger partial charge in [0.2, 0.25) is 0 Å². The molecule has 2 aromatic carbocycles. The summed E-state index contributed by atoms with van der Waals surface area (Å²) in [5, 5.41) is 0. The summed E-state index contributed by atoms with van der Waals surface area (Å²) in [6.07, 6.45) is 3.03. The number of sulfonamides is 1. The van der Waals surface area contributed by atoms with Gasteiger partial charge in [0.1, 0.15) is 11.5 Å². The average molecular weight is 399 g/mol. The van der Waals surface area contributed by atoms with Gasteiger partial charge < -0.3 is 4.74 Å². The van der Waals surface area contributed by atoms with Gasteiger partial charge in [-0.2, -0.15) is 0 Å². The lowest BCUT2D eigenvalue weighted by atomic mass is 9.99. The fourth-order valence-corrected chi connectivity index (χ4v) is 5.20. The number of fused-ring (bicyclic) bond motifs is 1. The molecule has 0 saturated carbocycles. The topological polar surface area (TPSA) is 80.8 Å². The summed E-state index contributed by atoms with van der Waals surface area (Å²) >= 11 is 0. The minimum Gasteiger partial charge on any atom is -0.497 e. The summed E-state index contributed by atoms with van der Waals surface area (Å²) in [4.78, 5) is 23.2. The van der Waals surface area contributed by atoms with E-state index in [0.29, 0.717) is 22.6 Å². The van der Waals surface area contributed by atoms with Crippen molar-refractivity contribution in [3.05, 3.63) is 59.7 Å². The molecule has 1 atom stereocenters. The van der Waals surface area contributed by atoms with Gasteiger partial charge in [0.05, 0.1) is 23.7 Å². The van der Waals surface area contributed by atoms with Crippen LogP contribution in [-0.4, -0.2) is 27.1 Å². The van der Waals surface area contributed by atoms with Crippen LogP contribution in [0.25, 0.3) is 6.08 Å². The van der Waals surface area contributed by atoms with Gasteiger partial charge in [-0.05, 0) is 61.4 Å². The van der Waals surface area contributed by atoms with E-state index in [1.165, 1.54) is 31.3 Å². The van der Waals surface area contributed by atoms with Gasteiger partial charge in [-0.1, -0.05) is 18.2 Å². The van der Waals surface area contributed by atoms with Crippen LogP contribution in [0.4, 0.5) is 5.69 Å². The SMILES string of the molecule is COc1ccc(N2C(CC(C)=O)c3ccc(/C=C/C(C)=O)cc3S2(=O)=O)cc1. The molecule has 1 aliphatic heterocycles. The summed E-state index contributed by atoms with van der Waals surface area (Å²) in [5.41, 5.74) is 1.64. The molecule has 0 aromatic heterocycles. The molecule has 0 bridgehead atoms. The Hall–Kier alpha value is -2.93. The first-order valence-corrected chi connectivity index (χ1v) is 10.2. The van der Waals surface area contributed by atoms with E-state index in [1.807, 2.05) is 0 Å². The number of Topliss-reactive ketones (excluding diaryl/α,β-unsaturated/α-hetero) is 1. The first-order chi connectivity index (χ1) is 13.2. The van der Waals surface area contributed by atoms with Crippen LogP contribution in [0.5, 0.6) is 5.75 Å². The van der Waals surface area contributed by atoms with Gasteiger partial charge in [-0.15, -0.1) is 0 Å². The van der Waals surface area contributed by atoms with Gasteiger partial charge in [0.15, 0.2) is 5.78 Å². The number of anilines is 1. The molecule has 0 amide bonds. The molecule has 146 valence electrons. The third-order valence-electron chi connectivity index (χ3n) is 4.53. The lowest BCUT2D eigenvalue weighted by molar-refractivity contribution is -0.117. The Morgan fingerprint density at radius 2 is 1.79 bits per heavy atom. The molecule has 1 unspecified atom stereocenters. The fourth-order valence-electron chi connectivity index (χ4n) is 3.28. The maximum absolute atomic E-state index is 13.3. The zero-order valence-corrected chi connectivity index (χ0v) is 16.7. The zero-order chi connectivity index (χ0) is 20.5. The van der Waals surface area contributed by atoms with Crippen molar-refractivity contribution in [3.63, 3.8) is 0 Å². The van der Waals surface area contributed by atoms with Crippen LogP contribution in [0, 0.1) is 0 Å². The number of carbonyl (C=O) groups is 2. The second-order valence-corrected chi connectivity index (χ2v) is 8.45. The third-order valence-corrected chi connectivity index (χ3v) is 6.43. The summed E-state index contributed by atoms with van der Waals surface area (Å²) in [6.45, 7) is 2.87. The quantitative estimate of drug-likeness (QED) is 0.694. The molecular formula is C21H21NO5S. The molecule has 0 saturated heterocycles. The lowest BCUT2D eigenvalue weighted by Gasteiger charge is -2.25. The molecule has 0 radical (unpaired) electrons. The number of ether oxygens (including phenoxy) is 1. The standard InChI is InChI=1S/C21H21NO5S/c1-14(23)4-5-16-6-11-19-20(12-15(2)24)22(28(25,26)21(19)13-16)17-7-9-18(27-3)10-8-17/h4-11,13,20H,12H2,1-3H3/b5-4+. The maximum atomic E-state index is 13.3. The van der Waals surface area contributed by atoms with E-state index in [9.17, 15) is 18.0 Å². The predicted octanol–water partition coefficient (Wildman–Crippen LogP) is 3.53. The molecule has 3 rings (SSSR count). The molecule has 0 aliphatic carbocycles. The Bertz CT molecular complexity index is 1050. The second-order valence-electron chi connectivity index (χ2n) is 6.66. The van der Waals surface area contributed by atoms with Gasteiger partial charge in [-0.3, -0.25) is 13.9 Å². The molecule has 1 heterocycles. The van der Waals surface area contributed by atoms with Crippen molar-refractivity contribution in [2.24, 2.45) is 0 Å². The maximum Gasteiger partial charge on any atom is 0.265 e. The van der Waals surface area contributed by atoms with E-state index in [0.717, 1.165) is 0 Å². The number of allylic oxidation sites excluding steroid dienone is 1. The monoisotopic (exact) mass is 399 g/mol. The lowest BCUT2D eigenvalue weighted by Crippen LogP contribution is -2.29. The summed E-state index contributed by atoms with van der Waals surface area (Å²) in [5.74, 6) is 0.377. The Morgan fingerprint density at radius 1 is 1.11 bits per heavy atom. The number of hydrogen-bond acceptors (Lipinski definition) is 5. The van der Waals surface area contributed by atoms with Crippen molar-refractivity contribution in [3.8, 4) is 5.75 Å². The van der Waals surface area contributed by atoms with Crippen molar-refractivity contribution in [1.29, 1.82) is 0 Å². The van der Waals surface area contributed by atoms with Crippen molar-refractivity contribution in [2.75, 3.05) is 11.4 Å². The summed E-state index contributed by atoms with van der Waals surface area (Å²) < 4.78 is 33.1. The van der Waals surface area contributed by atoms with Crippen molar-refractivity contribution in [2.45, 2.75) is 31.2 Å². The molecular weight excluding hydrogens is 378 g/mol. The van der Waals surface area contributed by atoms with Gasteiger partial charge in [-0.25, -0.2) is 8.42 Å². The number of rotatable bonds is 6. The minimum absolute atomic E-state index is 0.0703. The first kappa shape index (κ1) is 19.8. The predicted molar refractivity (Wildman–Crippen MR) is 107 cm³/mol. The number of methoxy groups -OCH3 is 1.